The molecule has 2 aromatic rings. The highest BCUT2D eigenvalue weighted by Crippen LogP contribution is 2.19. The second-order valence-corrected chi connectivity index (χ2v) is 5.67. The highest BCUT2D eigenvalue weighted by Gasteiger charge is 2.10. The molecule has 0 aliphatic heterocycles. The quantitative estimate of drug-likeness (QED) is 0.731. The average Bonchev–Trinajstić information content (AvgIpc) is 2.75. The first-order valence-electron chi connectivity index (χ1n) is 5.77. The summed E-state index contributed by atoms with van der Waals surface area (Å²) in [7, 11) is 0. The van der Waals surface area contributed by atoms with Crippen molar-refractivity contribution >= 4 is 17.1 Å². The first-order valence-corrected chi connectivity index (χ1v) is 6.65. The van der Waals surface area contributed by atoms with Crippen LogP contribution in [0.4, 0.5) is 0 Å². The molecule has 2 heteroatoms. The van der Waals surface area contributed by atoms with Crippen LogP contribution in [0.25, 0.3) is 0 Å². The van der Waals surface area contributed by atoms with Crippen LogP contribution in [0.5, 0.6) is 0 Å². The fourth-order valence-corrected chi connectivity index (χ4v) is 2.43. The molecule has 0 aliphatic rings. The molecule has 0 atom stereocenters. The van der Waals surface area contributed by atoms with Crippen LogP contribution < -0.4 is 0 Å². The zero-order chi connectivity index (χ0) is 12.4. The Morgan fingerprint density at radius 3 is 2.24 bits per heavy atom. The maximum atomic E-state index is 12.1. The lowest BCUT2D eigenvalue weighted by molar-refractivity contribution is 0.103. The van der Waals surface area contributed by atoms with Crippen LogP contribution in [0.15, 0.2) is 35.7 Å². The molecule has 1 aromatic heterocycles. The Balaban J connectivity index is 2.26. The molecule has 0 saturated heterocycles. The third kappa shape index (κ3) is 2.64. The normalized spacial score (nSPS) is 10.8. The summed E-state index contributed by atoms with van der Waals surface area (Å²) < 4.78 is 0. The first-order chi connectivity index (χ1) is 8.08. The number of thiophene rings is 1. The lowest BCUT2D eigenvalue weighted by Gasteiger charge is -2.05. The van der Waals surface area contributed by atoms with E-state index in [1.54, 1.807) is 11.3 Å². The molecule has 0 radical (unpaired) electrons. The van der Waals surface area contributed by atoms with E-state index in [1.165, 1.54) is 10.4 Å². The fourth-order valence-electron chi connectivity index (χ4n) is 1.75. The molecular weight excluding hydrogens is 228 g/mol. The van der Waals surface area contributed by atoms with Crippen molar-refractivity contribution in [3.63, 3.8) is 0 Å². The molecule has 0 unspecified atom stereocenters. The summed E-state index contributed by atoms with van der Waals surface area (Å²) in [5, 5.41) is 1.92. The summed E-state index contributed by atoms with van der Waals surface area (Å²) in [5.74, 6) is 0.618. The largest absolute Gasteiger partial charge is 0.289 e. The van der Waals surface area contributed by atoms with E-state index in [9.17, 15) is 4.79 Å². The average molecular weight is 244 g/mol. The van der Waals surface area contributed by atoms with Gasteiger partial charge >= 0.3 is 0 Å². The SMILES string of the molecule is Cc1cc(C(=O)c2ccc(C(C)C)cc2)cs1. The van der Waals surface area contributed by atoms with Crippen LogP contribution >= 0.6 is 11.3 Å². The number of hydrogen-bond donors (Lipinski definition) is 0. The van der Waals surface area contributed by atoms with E-state index in [0.29, 0.717) is 5.92 Å². The summed E-state index contributed by atoms with van der Waals surface area (Å²) in [6.07, 6.45) is 0. The van der Waals surface area contributed by atoms with Crippen molar-refractivity contribution in [3.8, 4) is 0 Å². The van der Waals surface area contributed by atoms with Gasteiger partial charge in [0.15, 0.2) is 5.78 Å². The van der Waals surface area contributed by atoms with E-state index in [1.807, 2.05) is 42.6 Å². The second kappa shape index (κ2) is 4.84. The summed E-state index contributed by atoms with van der Waals surface area (Å²) >= 11 is 1.61. The van der Waals surface area contributed by atoms with Gasteiger partial charge in [0.05, 0.1) is 0 Å². The van der Waals surface area contributed by atoms with E-state index >= 15 is 0 Å². The summed E-state index contributed by atoms with van der Waals surface area (Å²) in [5.41, 5.74) is 2.83. The molecule has 0 spiro atoms. The molecule has 0 saturated carbocycles. The Morgan fingerprint density at radius 2 is 1.76 bits per heavy atom. The van der Waals surface area contributed by atoms with Crippen LogP contribution in [0.1, 0.15) is 46.1 Å². The van der Waals surface area contributed by atoms with Crippen molar-refractivity contribution in [1.29, 1.82) is 0 Å². The number of ketones is 1. The number of benzene rings is 1. The van der Waals surface area contributed by atoms with Crippen LogP contribution in [0.3, 0.4) is 0 Å². The van der Waals surface area contributed by atoms with E-state index in [0.717, 1.165) is 11.1 Å². The molecule has 1 aromatic carbocycles. The minimum absolute atomic E-state index is 0.115. The van der Waals surface area contributed by atoms with Crippen LogP contribution in [0.2, 0.25) is 0 Å². The van der Waals surface area contributed by atoms with Gasteiger partial charge in [0, 0.05) is 21.4 Å². The summed E-state index contributed by atoms with van der Waals surface area (Å²) in [6, 6.07) is 9.87. The maximum absolute atomic E-state index is 12.1. The predicted octanol–water partition coefficient (Wildman–Crippen LogP) is 4.41. The number of rotatable bonds is 3. The predicted molar refractivity (Wildman–Crippen MR) is 73.0 cm³/mol. The molecule has 0 N–H and O–H groups in total. The Bertz CT molecular complexity index is 520. The first kappa shape index (κ1) is 12.1. The summed E-state index contributed by atoms with van der Waals surface area (Å²) in [4.78, 5) is 13.3. The molecule has 0 amide bonds. The zero-order valence-corrected chi connectivity index (χ0v) is 11.2. The van der Waals surface area contributed by atoms with Gasteiger partial charge in [-0.3, -0.25) is 4.79 Å². The van der Waals surface area contributed by atoms with Crippen LogP contribution in [-0.4, -0.2) is 5.78 Å². The Labute approximate surface area is 106 Å². The monoisotopic (exact) mass is 244 g/mol. The highest BCUT2D eigenvalue weighted by molar-refractivity contribution is 7.10. The fraction of sp³-hybridized carbons (Fsp3) is 0.267. The molecule has 1 nitrogen and oxygen atoms in total. The van der Waals surface area contributed by atoms with Gasteiger partial charge in [-0.15, -0.1) is 11.3 Å². The van der Waals surface area contributed by atoms with Gasteiger partial charge in [0.2, 0.25) is 0 Å². The second-order valence-electron chi connectivity index (χ2n) is 4.55. The number of hydrogen-bond acceptors (Lipinski definition) is 2. The molecule has 0 fully saturated rings. The van der Waals surface area contributed by atoms with Crippen molar-refractivity contribution in [2.24, 2.45) is 0 Å². The minimum Gasteiger partial charge on any atom is -0.289 e. The molecular formula is C15H16OS. The van der Waals surface area contributed by atoms with Gasteiger partial charge < -0.3 is 0 Å². The van der Waals surface area contributed by atoms with Crippen molar-refractivity contribution in [2.45, 2.75) is 26.7 Å². The third-order valence-corrected chi connectivity index (χ3v) is 3.69. The van der Waals surface area contributed by atoms with Gasteiger partial charge in [-0.05, 0) is 24.5 Å². The summed E-state index contributed by atoms with van der Waals surface area (Å²) in [6.45, 7) is 6.32. The van der Waals surface area contributed by atoms with Crippen LogP contribution in [0, 0.1) is 6.92 Å². The van der Waals surface area contributed by atoms with Gasteiger partial charge in [-0.25, -0.2) is 0 Å². The van der Waals surface area contributed by atoms with Gasteiger partial charge in [0.25, 0.3) is 0 Å². The lowest BCUT2D eigenvalue weighted by Crippen LogP contribution is -2.00. The minimum atomic E-state index is 0.115. The topological polar surface area (TPSA) is 17.1 Å². The maximum Gasteiger partial charge on any atom is 0.193 e. The van der Waals surface area contributed by atoms with Gasteiger partial charge in [-0.1, -0.05) is 38.1 Å². The van der Waals surface area contributed by atoms with E-state index < -0.39 is 0 Å². The highest BCUT2D eigenvalue weighted by atomic mass is 32.1. The smallest absolute Gasteiger partial charge is 0.193 e. The van der Waals surface area contributed by atoms with Crippen molar-refractivity contribution in [3.05, 3.63) is 57.3 Å². The Hall–Kier alpha value is -1.41. The molecule has 0 bridgehead atoms. The van der Waals surface area contributed by atoms with Crippen molar-refractivity contribution in [2.75, 3.05) is 0 Å². The van der Waals surface area contributed by atoms with Gasteiger partial charge in [0.1, 0.15) is 0 Å². The van der Waals surface area contributed by atoms with Crippen LogP contribution in [-0.2, 0) is 0 Å². The number of carbonyl (C=O) groups excluding carboxylic acids is 1. The molecule has 88 valence electrons. The lowest BCUT2D eigenvalue weighted by atomic mass is 9.99. The number of carbonyl (C=O) groups is 1. The molecule has 1 heterocycles. The van der Waals surface area contributed by atoms with E-state index in [-0.39, 0.29) is 5.78 Å². The van der Waals surface area contributed by atoms with Gasteiger partial charge in [-0.2, -0.15) is 0 Å². The molecule has 17 heavy (non-hydrogen) atoms. The Kier molecular flexibility index (Phi) is 3.43. The third-order valence-electron chi connectivity index (χ3n) is 2.83. The standard InChI is InChI=1S/C15H16OS/c1-10(2)12-4-6-13(7-5-12)15(16)14-8-11(3)17-9-14/h4-10H,1-3H3. The molecule has 0 aliphatic carbocycles. The number of aryl methyl sites for hydroxylation is 1. The van der Waals surface area contributed by atoms with Crippen molar-refractivity contribution in [1.82, 2.24) is 0 Å². The Morgan fingerprint density at radius 1 is 1.12 bits per heavy atom. The van der Waals surface area contributed by atoms with E-state index in [4.69, 9.17) is 0 Å². The zero-order valence-electron chi connectivity index (χ0n) is 10.4. The van der Waals surface area contributed by atoms with Crippen molar-refractivity contribution < 1.29 is 4.79 Å². The van der Waals surface area contributed by atoms with E-state index in [2.05, 4.69) is 13.8 Å². The molecule has 2 rings (SSSR count).